The molecule has 4 rings (SSSR count). The second kappa shape index (κ2) is 9.11. The summed E-state index contributed by atoms with van der Waals surface area (Å²) in [6.45, 7) is 2.02. The molecule has 0 saturated heterocycles. The van der Waals surface area contributed by atoms with Gasteiger partial charge in [-0.25, -0.2) is 9.97 Å². The van der Waals surface area contributed by atoms with Crippen LogP contribution >= 0.6 is 23.1 Å². The van der Waals surface area contributed by atoms with Gasteiger partial charge >= 0.3 is 0 Å². The van der Waals surface area contributed by atoms with Crippen LogP contribution in [-0.2, 0) is 0 Å². The molecule has 0 aliphatic heterocycles. The average molecular weight is 434 g/mol. The summed E-state index contributed by atoms with van der Waals surface area (Å²) in [5.74, 6) is 0.510. The second-order valence-corrected chi connectivity index (χ2v) is 8.39. The van der Waals surface area contributed by atoms with Crippen molar-refractivity contribution in [1.82, 2.24) is 9.97 Å². The van der Waals surface area contributed by atoms with Gasteiger partial charge in [0, 0.05) is 22.0 Å². The average Bonchev–Trinajstić information content (AvgIpc) is 3.23. The molecule has 0 radical (unpaired) electrons. The number of hydrogen-bond donors (Lipinski definition) is 1. The third-order valence-electron chi connectivity index (χ3n) is 4.33. The lowest BCUT2D eigenvalue weighted by molar-refractivity contribution is 0.102. The van der Waals surface area contributed by atoms with E-state index >= 15 is 0 Å². The van der Waals surface area contributed by atoms with Crippen molar-refractivity contribution < 1.29 is 9.53 Å². The number of anilines is 1. The largest absolute Gasteiger partial charge is 0.496 e. The van der Waals surface area contributed by atoms with Gasteiger partial charge in [-0.1, -0.05) is 41.6 Å². The number of rotatable bonds is 6. The molecular weight excluding hydrogens is 414 g/mol. The predicted octanol–water partition coefficient (Wildman–Crippen LogP) is 5.93. The van der Waals surface area contributed by atoms with E-state index in [4.69, 9.17) is 4.74 Å². The van der Waals surface area contributed by atoms with Crippen molar-refractivity contribution in [2.24, 2.45) is 0 Å². The lowest BCUT2D eigenvalue weighted by Crippen LogP contribution is -2.13. The normalized spacial score (nSPS) is 10.6. The molecule has 0 fully saturated rings. The van der Waals surface area contributed by atoms with Gasteiger partial charge in [0.25, 0.3) is 5.91 Å². The number of aryl methyl sites for hydroxylation is 1. The zero-order valence-corrected chi connectivity index (χ0v) is 18.1. The molecule has 2 heterocycles. The summed E-state index contributed by atoms with van der Waals surface area (Å²) >= 11 is 2.83. The number of aromatic nitrogens is 2. The lowest BCUT2D eigenvalue weighted by Gasteiger charge is -2.08. The minimum absolute atomic E-state index is 0.237. The van der Waals surface area contributed by atoms with Crippen molar-refractivity contribution in [3.63, 3.8) is 0 Å². The fourth-order valence-electron chi connectivity index (χ4n) is 2.89. The molecule has 2 aromatic carbocycles. The zero-order valence-electron chi connectivity index (χ0n) is 16.5. The van der Waals surface area contributed by atoms with Crippen LogP contribution in [0.4, 0.5) is 5.13 Å². The predicted molar refractivity (Wildman–Crippen MR) is 122 cm³/mol. The van der Waals surface area contributed by atoms with E-state index in [1.54, 1.807) is 25.4 Å². The molecule has 4 aromatic rings. The number of carbonyl (C=O) groups is 1. The van der Waals surface area contributed by atoms with Crippen LogP contribution in [0.1, 0.15) is 15.9 Å². The fraction of sp³-hybridized carbons (Fsp3) is 0.0870. The topological polar surface area (TPSA) is 64.1 Å². The number of nitrogens with one attached hydrogen (secondary N) is 1. The van der Waals surface area contributed by atoms with Crippen LogP contribution in [0.3, 0.4) is 0 Å². The van der Waals surface area contributed by atoms with E-state index in [-0.39, 0.29) is 5.91 Å². The first kappa shape index (κ1) is 20.1. The molecular formula is C23H19N3O2S2. The van der Waals surface area contributed by atoms with Crippen LogP contribution in [0.25, 0.3) is 11.3 Å². The molecule has 0 unspecified atom stereocenters. The summed E-state index contributed by atoms with van der Waals surface area (Å²) in [4.78, 5) is 22.9. The van der Waals surface area contributed by atoms with E-state index in [0.717, 1.165) is 27.5 Å². The van der Waals surface area contributed by atoms with Gasteiger partial charge in [-0.05, 0) is 43.3 Å². The molecule has 0 aliphatic rings. The van der Waals surface area contributed by atoms with Crippen LogP contribution in [-0.4, -0.2) is 23.0 Å². The van der Waals surface area contributed by atoms with Crippen molar-refractivity contribution in [1.29, 1.82) is 0 Å². The molecule has 30 heavy (non-hydrogen) atoms. The van der Waals surface area contributed by atoms with Crippen LogP contribution < -0.4 is 10.1 Å². The Balaban J connectivity index is 1.56. The summed E-state index contributed by atoms with van der Waals surface area (Å²) < 4.78 is 5.45. The van der Waals surface area contributed by atoms with Gasteiger partial charge in [-0.15, -0.1) is 11.3 Å². The van der Waals surface area contributed by atoms with Crippen LogP contribution in [0, 0.1) is 6.92 Å². The number of ether oxygens (including phenoxy) is 1. The second-order valence-electron chi connectivity index (χ2n) is 6.47. The molecule has 7 heteroatoms. The minimum Gasteiger partial charge on any atom is -0.496 e. The molecule has 0 aliphatic carbocycles. The first-order chi connectivity index (χ1) is 14.6. The standard InChI is InChI=1S/C23H19N3O2S2/c1-15-10-11-20(28-2)18(13-15)19-14-29-23(25-19)26-21(27)17-9-6-12-24-22(17)30-16-7-4-3-5-8-16/h3-14H,1-2H3,(H,25,26,27). The van der Waals surface area contributed by atoms with Gasteiger partial charge in [0.05, 0.1) is 18.4 Å². The molecule has 0 atom stereocenters. The zero-order chi connectivity index (χ0) is 20.9. The molecule has 0 bridgehead atoms. The van der Waals surface area contributed by atoms with Gasteiger partial charge in [-0.2, -0.15) is 0 Å². The SMILES string of the molecule is COc1ccc(C)cc1-c1csc(NC(=O)c2cccnc2Sc2ccccc2)n1. The van der Waals surface area contributed by atoms with Crippen molar-refractivity contribution in [3.05, 3.63) is 83.4 Å². The maximum Gasteiger partial charge on any atom is 0.260 e. The number of nitrogens with zero attached hydrogens (tertiary/aromatic N) is 2. The van der Waals surface area contributed by atoms with Crippen molar-refractivity contribution in [2.45, 2.75) is 16.8 Å². The molecule has 5 nitrogen and oxygen atoms in total. The third-order valence-corrected chi connectivity index (χ3v) is 6.11. The Bertz CT molecular complexity index is 1180. The monoisotopic (exact) mass is 433 g/mol. The van der Waals surface area contributed by atoms with Gasteiger partial charge in [0.1, 0.15) is 10.8 Å². The Hall–Kier alpha value is -3.16. The summed E-state index contributed by atoms with van der Waals surface area (Å²) in [5, 5.41) is 5.99. The highest BCUT2D eigenvalue weighted by Gasteiger charge is 2.16. The van der Waals surface area contributed by atoms with Crippen molar-refractivity contribution in [2.75, 3.05) is 12.4 Å². The summed E-state index contributed by atoms with van der Waals surface area (Å²) in [6, 6.07) is 19.3. The highest BCUT2D eigenvalue weighted by Crippen LogP contribution is 2.33. The molecule has 150 valence electrons. The number of benzene rings is 2. The van der Waals surface area contributed by atoms with Crippen LogP contribution in [0.5, 0.6) is 5.75 Å². The van der Waals surface area contributed by atoms with Gasteiger partial charge in [0.2, 0.25) is 0 Å². The van der Waals surface area contributed by atoms with Gasteiger partial charge in [0.15, 0.2) is 5.13 Å². The maximum atomic E-state index is 12.9. The Morgan fingerprint density at radius 1 is 1.10 bits per heavy atom. The number of amides is 1. The van der Waals surface area contributed by atoms with E-state index in [1.165, 1.54) is 23.1 Å². The molecule has 2 aromatic heterocycles. The molecule has 1 amide bonds. The first-order valence-electron chi connectivity index (χ1n) is 9.24. The summed E-state index contributed by atoms with van der Waals surface area (Å²) in [5.41, 5.74) is 3.29. The lowest BCUT2D eigenvalue weighted by atomic mass is 10.1. The Kier molecular flexibility index (Phi) is 6.11. The Morgan fingerprint density at radius 3 is 2.73 bits per heavy atom. The smallest absolute Gasteiger partial charge is 0.260 e. The van der Waals surface area contributed by atoms with E-state index in [9.17, 15) is 4.79 Å². The number of hydrogen-bond acceptors (Lipinski definition) is 6. The van der Waals surface area contributed by atoms with E-state index in [2.05, 4.69) is 15.3 Å². The Morgan fingerprint density at radius 2 is 1.93 bits per heavy atom. The van der Waals surface area contributed by atoms with E-state index < -0.39 is 0 Å². The van der Waals surface area contributed by atoms with E-state index in [0.29, 0.717) is 15.7 Å². The first-order valence-corrected chi connectivity index (χ1v) is 10.9. The number of thiazole rings is 1. The molecule has 1 N–H and O–H groups in total. The van der Waals surface area contributed by atoms with Crippen molar-refractivity contribution >= 4 is 34.1 Å². The number of carbonyl (C=O) groups excluding carboxylic acids is 1. The fourth-order valence-corrected chi connectivity index (χ4v) is 4.49. The summed E-state index contributed by atoms with van der Waals surface area (Å²) in [7, 11) is 1.64. The maximum absolute atomic E-state index is 12.9. The number of methoxy groups -OCH3 is 1. The van der Waals surface area contributed by atoms with Crippen molar-refractivity contribution in [3.8, 4) is 17.0 Å². The van der Waals surface area contributed by atoms with Crippen LogP contribution in [0.2, 0.25) is 0 Å². The summed E-state index contributed by atoms with van der Waals surface area (Å²) in [6.07, 6.45) is 1.69. The molecule has 0 spiro atoms. The van der Waals surface area contributed by atoms with Crippen LogP contribution in [0.15, 0.2) is 82.2 Å². The highest BCUT2D eigenvalue weighted by molar-refractivity contribution is 7.99. The van der Waals surface area contributed by atoms with Gasteiger partial charge in [-0.3, -0.25) is 10.1 Å². The van der Waals surface area contributed by atoms with E-state index in [1.807, 2.05) is 60.8 Å². The Labute approximate surface area is 183 Å². The third kappa shape index (κ3) is 4.53. The quantitative estimate of drug-likeness (QED) is 0.408. The number of pyridine rings is 1. The molecule has 0 saturated carbocycles. The highest BCUT2D eigenvalue weighted by atomic mass is 32.2. The minimum atomic E-state index is -0.237. The van der Waals surface area contributed by atoms with Gasteiger partial charge < -0.3 is 4.74 Å².